The Balaban J connectivity index is 2.15. The molecule has 2 aromatic rings. The summed E-state index contributed by atoms with van der Waals surface area (Å²) in [4.78, 5) is 11.8. The molecule has 0 fully saturated rings. The van der Waals surface area contributed by atoms with Crippen LogP contribution in [0.3, 0.4) is 0 Å². The molecule has 1 amide bonds. The van der Waals surface area contributed by atoms with E-state index in [1.807, 2.05) is 0 Å². The van der Waals surface area contributed by atoms with E-state index >= 15 is 0 Å². The third kappa shape index (κ3) is 3.72. The quantitative estimate of drug-likeness (QED) is 0.464. The summed E-state index contributed by atoms with van der Waals surface area (Å²) in [5.74, 6) is -0.377. The molecule has 0 spiro atoms. The lowest BCUT2D eigenvalue weighted by Gasteiger charge is -2.06. The zero-order valence-electron chi connectivity index (χ0n) is 10.6. The van der Waals surface area contributed by atoms with Crippen LogP contribution in [0.2, 0.25) is 0 Å². The molecule has 110 valence electrons. The van der Waals surface area contributed by atoms with Gasteiger partial charge in [0.2, 0.25) is 0 Å². The largest absolute Gasteiger partial charge is 0.506 e. The number of halogens is 3. The Labute approximate surface area is 145 Å². The first-order valence-electron chi connectivity index (χ1n) is 5.62. The van der Waals surface area contributed by atoms with Crippen molar-refractivity contribution >= 4 is 59.9 Å². The van der Waals surface area contributed by atoms with Gasteiger partial charge in [0.1, 0.15) is 5.75 Å². The molecule has 0 unspecified atom stereocenters. The molecule has 1 aromatic carbocycles. The van der Waals surface area contributed by atoms with Crippen molar-refractivity contribution in [3.63, 3.8) is 0 Å². The van der Waals surface area contributed by atoms with E-state index in [2.05, 4.69) is 68.5 Å². The van der Waals surface area contributed by atoms with Crippen molar-refractivity contribution in [2.24, 2.45) is 5.10 Å². The number of hydrogen-bond acceptors (Lipinski definition) is 4. The Bertz CT molecular complexity index is 728. The van der Waals surface area contributed by atoms with Crippen LogP contribution < -0.4 is 5.43 Å². The number of benzene rings is 1. The number of aromatic hydroxyl groups is 1. The number of nitrogens with zero attached hydrogens (tertiary/aromatic N) is 2. The number of aryl methyl sites for hydroxylation is 1. The van der Waals surface area contributed by atoms with Crippen molar-refractivity contribution in [3.05, 3.63) is 42.5 Å². The summed E-state index contributed by atoms with van der Waals surface area (Å²) in [5, 5.41) is 20.2. The number of phenols is 1. The Kier molecular flexibility index (Phi) is 5.17. The molecular weight excluding hydrogens is 472 g/mol. The Morgan fingerprint density at radius 2 is 2.10 bits per heavy atom. The fourth-order valence-corrected chi connectivity index (χ4v) is 3.79. The third-order valence-corrected chi connectivity index (χ3v) is 4.54. The maximum Gasteiger partial charge on any atom is 0.291 e. The van der Waals surface area contributed by atoms with E-state index in [0.717, 1.165) is 5.69 Å². The SMILES string of the molecule is Cc1cc(C(=O)N/N=C/c2c(Br)cc(Br)c(O)c2Br)n[nH]1. The van der Waals surface area contributed by atoms with Crippen molar-refractivity contribution in [1.29, 1.82) is 0 Å². The van der Waals surface area contributed by atoms with Crippen LogP contribution in [0.15, 0.2) is 30.7 Å². The number of rotatable bonds is 3. The van der Waals surface area contributed by atoms with E-state index in [4.69, 9.17) is 0 Å². The number of carbonyl (C=O) groups is 1. The lowest BCUT2D eigenvalue weighted by Crippen LogP contribution is -2.18. The van der Waals surface area contributed by atoms with Gasteiger partial charge >= 0.3 is 0 Å². The molecule has 1 aromatic heterocycles. The topological polar surface area (TPSA) is 90.4 Å². The molecule has 0 aliphatic rings. The van der Waals surface area contributed by atoms with E-state index in [-0.39, 0.29) is 11.4 Å². The predicted molar refractivity (Wildman–Crippen MR) is 89.6 cm³/mol. The standard InChI is InChI=1S/C12H9Br3N4O2/c1-5-2-9(18-17-5)12(21)19-16-4-6-7(13)3-8(14)11(20)10(6)15/h2-4,20H,1H3,(H,17,18)(H,19,21)/b16-4+. The minimum atomic E-state index is -0.427. The van der Waals surface area contributed by atoms with Crippen molar-refractivity contribution in [2.45, 2.75) is 6.92 Å². The molecule has 0 aliphatic heterocycles. The van der Waals surface area contributed by atoms with Crippen molar-refractivity contribution < 1.29 is 9.90 Å². The molecule has 21 heavy (non-hydrogen) atoms. The van der Waals surface area contributed by atoms with Crippen LogP contribution >= 0.6 is 47.8 Å². The average Bonchev–Trinajstić information content (AvgIpc) is 2.86. The van der Waals surface area contributed by atoms with Crippen molar-refractivity contribution in [2.75, 3.05) is 0 Å². The molecule has 9 heteroatoms. The number of hydrazone groups is 1. The van der Waals surface area contributed by atoms with Crippen LogP contribution in [0.25, 0.3) is 0 Å². The van der Waals surface area contributed by atoms with Gasteiger partial charge in [-0.1, -0.05) is 15.9 Å². The molecule has 2 rings (SSSR count). The van der Waals surface area contributed by atoms with Crippen molar-refractivity contribution in [1.82, 2.24) is 15.6 Å². The molecule has 3 N–H and O–H groups in total. The molecule has 1 heterocycles. The number of amides is 1. The minimum Gasteiger partial charge on any atom is -0.506 e. The van der Waals surface area contributed by atoms with Gasteiger partial charge in [-0.15, -0.1) is 0 Å². The van der Waals surface area contributed by atoms with Crippen LogP contribution in [0.5, 0.6) is 5.75 Å². The Morgan fingerprint density at radius 1 is 1.38 bits per heavy atom. The molecule has 0 saturated carbocycles. The number of carbonyl (C=O) groups excluding carboxylic acids is 1. The fraction of sp³-hybridized carbons (Fsp3) is 0.0833. The number of aromatic amines is 1. The van der Waals surface area contributed by atoms with E-state index in [1.54, 1.807) is 19.1 Å². The summed E-state index contributed by atoms with van der Waals surface area (Å²) >= 11 is 9.84. The number of nitrogens with one attached hydrogen (secondary N) is 2. The highest BCUT2D eigenvalue weighted by molar-refractivity contribution is 9.11. The maximum atomic E-state index is 11.8. The highest BCUT2D eigenvalue weighted by Gasteiger charge is 2.12. The highest BCUT2D eigenvalue weighted by atomic mass is 79.9. The average molecular weight is 481 g/mol. The maximum absolute atomic E-state index is 11.8. The Hall–Kier alpha value is -1.19. The number of H-pyrrole nitrogens is 1. The second kappa shape index (κ2) is 6.71. The van der Waals surface area contributed by atoms with Crippen LogP contribution in [0, 0.1) is 6.92 Å². The van der Waals surface area contributed by atoms with Crippen LogP contribution in [0.1, 0.15) is 21.7 Å². The molecule has 0 radical (unpaired) electrons. The number of hydrogen-bond donors (Lipinski definition) is 3. The Morgan fingerprint density at radius 3 is 2.71 bits per heavy atom. The molecule has 0 saturated heterocycles. The molecule has 6 nitrogen and oxygen atoms in total. The van der Waals surface area contributed by atoms with Crippen LogP contribution in [0.4, 0.5) is 0 Å². The van der Waals surface area contributed by atoms with E-state index in [1.165, 1.54) is 6.21 Å². The molecule has 0 aliphatic carbocycles. The van der Waals surface area contributed by atoms with Gasteiger partial charge in [0.15, 0.2) is 5.69 Å². The van der Waals surface area contributed by atoms with Gasteiger partial charge in [0.25, 0.3) is 5.91 Å². The molecule has 0 bridgehead atoms. The highest BCUT2D eigenvalue weighted by Crippen LogP contribution is 2.38. The van der Waals surface area contributed by atoms with Crippen LogP contribution in [-0.4, -0.2) is 27.4 Å². The first kappa shape index (κ1) is 16.2. The number of phenolic OH excluding ortho intramolecular Hbond substituents is 1. The summed E-state index contributed by atoms with van der Waals surface area (Å²) < 4.78 is 1.69. The van der Waals surface area contributed by atoms with E-state index in [0.29, 0.717) is 19.0 Å². The van der Waals surface area contributed by atoms with Gasteiger partial charge in [-0.25, -0.2) is 5.43 Å². The van der Waals surface area contributed by atoms with E-state index in [9.17, 15) is 9.90 Å². The van der Waals surface area contributed by atoms with Gasteiger partial charge in [-0.3, -0.25) is 9.89 Å². The lowest BCUT2D eigenvalue weighted by atomic mass is 10.2. The second-order valence-electron chi connectivity index (χ2n) is 4.05. The monoisotopic (exact) mass is 478 g/mol. The fourth-order valence-electron chi connectivity index (χ4n) is 1.46. The van der Waals surface area contributed by atoms with Gasteiger partial charge in [0, 0.05) is 15.7 Å². The summed E-state index contributed by atoms with van der Waals surface area (Å²) in [7, 11) is 0. The second-order valence-corrected chi connectivity index (χ2v) is 6.55. The number of aromatic nitrogens is 2. The van der Waals surface area contributed by atoms with Gasteiger partial charge in [0.05, 0.1) is 15.2 Å². The van der Waals surface area contributed by atoms with Crippen LogP contribution in [-0.2, 0) is 0 Å². The zero-order chi connectivity index (χ0) is 15.6. The van der Waals surface area contributed by atoms with Crippen molar-refractivity contribution in [3.8, 4) is 5.75 Å². The summed E-state index contributed by atoms with van der Waals surface area (Å²) in [6, 6.07) is 3.29. The predicted octanol–water partition coefficient (Wildman–Crippen LogP) is 3.48. The smallest absolute Gasteiger partial charge is 0.291 e. The van der Waals surface area contributed by atoms with Gasteiger partial charge in [-0.2, -0.15) is 10.2 Å². The van der Waals surface area contributed by atoms with E-state index < -0.39 is 5.91 Å². The normalized spacial score (nSPS) is 11.0. The summed E-state index contributed by atoms with van der Waals surface area (Å²) in [6.45, 7) is 1.80. The molecule has 0 atom stereocenters. The van der Waals surface area contributed by atoms with Gasteiger partial charge < -0.3 is 5.11 Å². The zero-order valence-corrected chi connectivity index (χ0v) is 15.4. The first-order valence-corrected chi connectivity index (χ1v) is 8.00. The lowest BCUT2D eigenvalue weighted by molar-refractivity contribution is 0.0950. The summed E-state index contributed by atoms with van der Waals surface area (Å²) in [6.07, 6.45) is 1.41. The minimum absolute atomic E-state index is 0.0499. The third-order valence-electron chi connectivity index (χ3n) is 2.48. The molecular formula is C12H9Br3N4O2. The van der Waals surface area contributed by atoms with Gasteiger partial charge in [-0.05, 0) is 50.9 Å². The summed E-state index contributed by atoms with van der Waals surface area (Å²) in [5.41, 5.74) is 3.99. The first-order chi connectivity index (χ1) is 9.90.